The third-order valence-electron chi connectivity index (χ3n) is 4.05. The van der Waals surface area contributed by atoms with E-state index in [9.17, 15) is 9.18 Å². The van der Waals surface area contributed by atoms with Crippen molar-refractivity contribution in [2.24, 2.45) is 0 Å². The van der Waals surface area contributed by atoms with Crippen LogP contribution in [0.2, 0.25) is 0 Å². The van der Waals surface area contributed by atoms with Gasteiger partial charge in [0.25, 0.3) is 5.91 Å². The molecule has 0 aliphatic heterocycles. The van der Waals surface area contributed by atoms with Gasteiger partial charge in [-0.25, -0.2) is 4.98 Å². The monoisotopic (exact) mass is 448 g/mol. The first-order chi connectivity index (χ1) is 12.1. The van der Waals surface area contributed by atoms with E-state index in [-0.39, 0.29) is 5.91 Å². The van der Waals surface area contributed by atoms with E-state index in [1.54, 1.807) is 13.1 Å². The van der Waals surface area contributed by atoms with E-state index in [0.717, 1.165) is 25.6 Å². The molecule has 1 heterocycles. The number of halogens is 2. The lowest BCUT2D eigenvalue weighted by Gasteiger charge is -2.17. The van der Waals surface area contributed by atoms with Crippen molar-refractivity contribution in [1.82, 2.24) is 9.88 Å². The normalized spacial score (nSPS) is 10.8. The number of aromatic nitrogens is 1. The van der Waals surface area contributed by atoms with Crippen LogP contribution in [0.5, 0.6) is 0 Å². The van der Waals surface area contributed by atoms with Gasteiger partial charge in [0.1, 0.15) is 5.69 Å². The van der Waals surface area contributed by atoms with Gasteiger partial charge in [0, 0.05) is 28.1 Å². The molecule has 1 aromatic heterocycles. The van der Waals surface area contributed by atoms with Crippen molar-refractivity contribution in [2.75, 3.05) is 20.3 Å². The minimum Gasteiger partial charge on any atom is -0.340 e. The summed E-state index contributed by atoms with van der Waals surface area (Å²) in [5.41, 5.74) is 2.14. The molecular weight excluding hydrogens is 430 g/mol. The Bertz CT molecular complexity index is 896. The largest absolute Gasteiger partial charge is 0.340 e. The second-order valence-electron chi connectivity index (χ2n) is 5.85. The highest BCUT2D eigenvalue weighted by atomic mass is 127. The molecule has 5 heteroatoms. The highest BCUT2D eigenvalue weighted by Gasteiger charge is 2.16. The average Bonchev–Trinajstić information content (AvgIpc) is 2.65. The number of alkyl halides is 1. The molecule has 2 aromatic carbocycles. The highest BCUT2D eigenvalue weighted by molar-refractivity contribution is 14.1. The second-order valence-corrected chi connectivity index (χ2v) is 7.10. The molecule has 0 N–H and O–H groups in total. The quantitative estimate of drug-likeness (QED) is 0.519. The van der Waals surface area contributed by atoms with Crippen LogP contribution in [0.15, 0.2) is 54.6 Å². The number of hydrogen-bond donors (Lipinski definition) is 0. The molecule has 0 saturated carbocycles. The topological polar surface area (TPSA) is 33.2 Å². The van der Waals surface area contributed by atoms with E-state index < -0.39 is 6.67 Å². The van der Waals surface area contributed by atoms with Crippen LogP contribution in [-0.2, 0) is 0 Å². The first kappa shape index (κ1) is 17.8. The predicted octanol–water partition coefficient (Wildman–Crippen LogP) is 4.94. The summed E-state index contributed by atoms with van der Waals surface area (Å²) < 4.78 is 13.5. The van der Waals surface area contributed by atoms with Gasteiger partial charge in [-0.15, -0.1) is 0 Å². The van der Waals surface area contributed by atoms with Crippen LogP contribution in [0, 0.1) is 3.57 Å². The zero-order valence-corrected chi connectivity index (χ0v) is 16.0. The van der Waals surface area contributed by atoms with Gasteiger partial charge in [-0.1, -0.05) is 36.4 Å². The first-order valence-corrected chi connectivity index (χ1v) is 9.15. The van der Waals surface area contributed by atoms with Gasteiger partial charge in [0.15, 0.2) is 0 Å². The molecule has 0 aliphatic rings. The summed E-state index contributed by atoms with van der Waals surface area (Å²) in [6, 6.07) is 17.8. The molecule has 0 spiro atoms. The summed E-state index contributed by atoms with van der Waals surface area (Å²) in [4.78, 5) is 18.8. The number of amides is 1. The molecule has 3 aromatic rings. The van der Waals surface area contributed by atoms with Gasteiger partial charge in [-0.05, 0) is 52.6 Å². The Labute approximate surface area is 160 Å². The molecule has 0 atom stereocenters. The van der Waals surface area contributed by atoms with Gasteiger partial charge < -0.3 is 4.90 Å². The number of carbonyl (C=O) groups is 1. The maximum Gasteiger partial charge on any atom is 0.272 e. The number of benzene rings is 2. The van der Waals surface area contributed by atoms with Crippen LogP contribution >= 0.6 is 22.6 Å². The summed E-state index contributed by atoms with van der Waals surface area (Å²) in [6.45, 7) is -0.0562. The lowest BCUT2D eigenvalue weighted by molar-refractivity contribution is 0.0786. The molecule has 0 radical (unpaired) electrons. The van der Waals surface area contributed by atoms with Gasteiger partial charge in [0.2, 0.25) is 0 Å². The minimum atomic E-state index is -0.434. The molecule has 0 aliphatic carbocycles. The van der Waals surface area contributed by atoms with Crippen molar-refractivity contribution < 1.29 is 9.18 Å². The second kappa shape index (κ2) is 7.91. The van der Waals surface area contributed by atoms with Crippen LogP contribution in [0.4, 0.5) is 4.39 Å². The number of pyridine rings is 1. The third kappa shape index (κ3) is 3.98. The SMILES string of the molecule is CN(CCCF)C(=O)c1cc2ccccc2c(-c2ccc(I)cc2)n1. The van der Waals surface area contributed by atoms with Crippen LogP contribution in [0.3, 0.4) is 0 Å². The molecule has 1 amide bonds. The Balaban J connectivity index is 2.09. The van der Waals surface area contributed by atoms with E-state index in [1.807, 2.05) is 48.5 Å². The van der Waals surface area contributed by atoms with E-state index in [2.05, 4.69) is 27.6 Å². The number of fused-ring (bicyclic) bond motifs is 1. The molecule has 3 rings (SSSR count). The summed E-state index contributed by atoms with van der Waals surface area (Å²) in [5.74, 6) is -0.189. The molecule has 3 nitrogen and oxygen atoms in total. The number of hydrogen-bond acceptors (Lipinski definition) is 2. The number of nitrogens with zero attached hydrogens (tertiary/aromatic N) is 2. The van der Waals surface area contributed by atoms with Crippen LogP contribution in [0.25, 0.3) is 22.0 Å². The summed E-state index contributed by atoms with van der Waals surface area (Å²) in [5, 5.41) is 1.97. The van der Waals surface area contributed by atoms with Crippen LogP contribution < -0.4 is 0 Å². The molecule has 0 unspecified atom stereocenters. The fourth-order valence-corrected chi connectivity index (χ4v) is 3.09. The van der Waals surface area contributed by atoms with Crippen molar-refractivity contribution in [3.8, 4) is 11.3 Å². The smallest absolute Gasteiger partial charge is 0.272 e. The van der Waals surface area contributed by atoms with Gasteiger partial charge in [0.05, 0.1) is 12.4 Å². The fraction of sp³-hybridized carbons (Fsp3) is 0.200. The minimum absolute atomic E-state index is 0.189. The van der Waals surface area contributed by atoms with E-state index >= 15 is 0 Å². The molecular formula is C20H18FIN2O. The molecule has 128 valence electrons. The highest BCUT2D eigenvalue weighted by Crippen LogP contribution is 2.28. The lowest BCUT2D eigenvalue weighted by Crippen LogP contribution is -2.28. The van der Waals surface area contributed by atoms with Crippen molar-refractivity contribution in [3.63, 3.8) is 0 Å². The average molecular weight is 448 g/mol. The van der Waals surface area contributed by atoms with Crippen molar-refractivity contribution in [2.45, 2.75) is 6.42 Å². The van der Waals surface area contributed by atoms with Crippen LogP contribution in [-0.4, -0.2) is 36.1 Å². The number of carbonyl (C=O) groups excluding carboxylic acids is 1. The summed E-state index contributed by atoms with van der Waals surface area (Å²) >= 11 is 2.26. The Hall–Kier alpha value is -2.02. The Morgan fingerprint density at radius 2 is 1.88 bits per heavy atom. The lowest BCUT2D eigenvalue weighted by atomic mass is 10.0. The van der Waals surface area contributed by atoms with Crippen LogP contribution in [0.1, 0.15) is 16.9 Å². The molecule has 0 bridgehead atoms. The van der Waals surface area contributed by atoms with E-state index in [1.165, 1.54) is 4.90 Å². The molecule has 25 heavy (non-hydrogen) atoms. The standard InChI is InChI=1S/C20H18FIN2O/c1-24(12-4-11-21)20(25)18-13-15-5-2-3-6-17(15)19(23-18)14-7-9-16(22)10-8-14/h2-3,5-10,13H,4,11-12H2,1H3. The van der Waals surface area contributed by atoms with Crippen molar-refractivity contribution >= 4 is 39.3 Å². The maximum absolute atomic E-state index is 12.7. The molecule has 0 fully saturated rings. The van der Waals surface area contributed by atoms with Gasteiger partial charge >= 0.3 is 0 Å². The summed E-state index contributed by atoms with van der Waals surface area (Å²) in [7, 11) is 1.68. The predicted molar refractivity (Wildman–Crippen MR) is 107 cm³/mol. The maximum atomic E-state index is 12.7. The van der Waals surface area contributed by atoms with Gasteiger partial charge in [-0.3, -0.25) is 9.18 Å². The van der Waals surface area contributed by atoms with E-state index in [0.29, 0.717) is 18.7 Å². The number of rotatable bonds is 5. The van der Waals surface area contributed by atoms with Gasteiger partial charge in [-0.2, -0.15) is 0 Å². The zero-order valence-electron chi connectivity index (χ0n) is 13.9. The first-order valence-electron chi connectivity index (χ1n) is 8.07. The molecule has 0 saturated heterocycles. The fourth-order valence-electron chi connectivity index (χ4n) is 2.73. The Kier molecular flexibility index (Phi) is 5.63. The Morgan fingerprint density at radius 3 is 2.60 bits per heavy atom. The third-order valence-corrected chi connectivity index (χ3v) is 4.77. The van der Waals surface area contributed by atoms with Crippen molar-refractivity contribution in [1.29, 1.82) is 0 Å². The Morgan fingerprint density at radius 1 is 1.16 bits per heavy atom. The van der Waals surface area contributed by atoms with Crippen molar-refractivity contribution in [3.05, 3.63) is 63.9 Å². The van der Waals surface area contributed by atoms with E-state index in [4.69, 9.17) is 0 Å². The summed E-state index contributed by atoms with van der Waals surface area (Å²) in [6.07, 6.45) is 0.333. The zero-order chi connectivity index (χ0) is 17.8.